The fourth-order valence-corrected chi connectivity index (χ4v) is 16.7. The number of amides is 8. The van der Waals surface area contributed by atoms with Gasteiger partial charge in [-0.25, -0.2) is 29.3 Å². The summed E-state index contributed by atoms with van der Waals surface area (Å²) >= 11 is 0. The third-order valence-electron chi connectivity index (χ3n) is 25.4. The Kier molecular flexibility index (Phi) is 32.5. The molecule has 8 aliphatic rings. The van der Waals surface area contributed by atoms with Crippen molar-refractivity contribution in [2.24, 2.45) is 0 Å². The van der Waals surface area contributed by atoms with Crippen LogP contribution in [0.1, 0.15) is 150 Å². The largest absolute Gasteiger partial charge is 0.489 e. The number of carbonyl (C=O) groups excluding carboxylic acids is 8. The van der Waals surface area contributed by atoms with E-state index in [0.717, 1.165) is 22.3 Å². The molecule has 760 valence electrons. The van der Waals surface area contributed by atoms with Gasteiger partial charge in [0, 0.05) is 115 Å². The number of carbonyl (C=O) groups is 8. The second-order valence-corrected chi connectivity index (χ2v) is 36.3. The number of aromatic amines is 2. The van der Waals surface area contributed by atoms with Crippen molar-refractivity contribution in [2.45, 2.75) is 124 Å². The summed E-state index contributed by atoms with van der Waals surface area (Å²) in [5.41, 5.74) is 4.42. The summed E-state index contributed by atoms with van der Waals surface area (Å²) in [5, 5.41) is 75.2. The van der Waals surface area contributed by atoms with Crippen molar-refractivity contribution in [1.29, 1.82) is 0 Å². The maximum atomic E-state index is 13.2. The second kappa shape index (κ2) is 46.9. The Balaban J connectivity index is 0.000000135. The summed E-state index contributed by atoms with van der Waals surface area (Å²) in [6.45, 7) is 4.51. The lowest BCUT2D eigenvalue weighted by Gasteiger charge is -2.26. The molecular weight excluding hydrogens is 1900 g/mol. The lowest BCUT2D eigenvalue weighted by molar-refractivity contribution is -0.121. The van der Waals surface area contributed by atoms with Crippen molar-refractivity contribution in [1.82, 2.24) is 81.2 Å². The van der Waals surface area contributed by atoms with E-state index in [0.29, 0.717) is 210 Å². The van der Waals surface area contributed by atoms with E-state index >= 15 is 0 Å². The molecule has 20 rings (SSSR count). The fraction of sp³-hybridized carbons (Fsp3) is 0.333. The van der Waals surface area contributed by atoms with E-state index < -0.39 is 70.2 Å². The molecule has 4 aromatic heterocycles. The third kappa shape index (κ3) is 26.5. The molecular formula is C108H108N20O20. The van der Waals surface area contributed by atoms with Crippen LogP contribution in [0.5, 0.6) is 23.0 Å². The fourth-order valence-electron chi connectivity index (χ4n) is 16.7. The summed E-state index contributed by atoms with van der Waals surface area (Å²) in [6.07, 6.45) is 7.57. The zero-order valence-electron chi connectivity index (χ0n) is 81.5. The maximum absolute atomic E-state index is 13.2. The van der Waals surface area contributed by atoms with Crippen molar-refractivity contribution in [2.75, 3.05) is 127 Å². The first-order chi connectivity index (χ1) is 71.6. The number of benzene rings is 8. The SMILES string of the molecule is CN1C(=O)C(NC(=O)c2n[nH]c(Cc3ccccc3)n2)COc2ccc(C#CC3(O)CCOCC3)cc21.CN1C(=O)C(NC(=O)c2ncn(Cc3ccccc3)n2)COc2ccc(C#CC3(O)CCOCC3)cc21.CN1C(=O)[C@H](NC(=O)c2n[nH]c(Cc3ccccc3)n2)COc2ccc(C#CC3(O)CCOCC3)cc21.CN1C(=O)[C@H](NC(=O)c2ncn(Cc3ccccc3)n2)COc2ccc(C#CC3(O)CCOCC3)cc21. The third-order valence-corrected chi connectivity index (χ3v) is 25.4. The average molecular weight is 2010 g/mol. The molecule has 4 atom stereocenters. The van der Waals surface area contributed by atoms with Gasteiger partial charge in [0.15, 0.2) is 0 Å². The second-order valence-electron chi connectivity index (χ2n) is 36.3. The Morgan fingerprint density at radius 2 is 0.588 bits per heavy atom. The van der Waals surface area contributed by atoms with Crippen molar-refractivity contribution < 1.29 is 96.7 Å². The lowest BCUT2D eigenvalue weighted by Crippen LogP contribution is -2.49. The number of rotatable bonds is 16. The van der Waals surface area contributed by atoms with Gasteiger partial charge in [-0.15, -0.1) is 20.4 Å². The highest BCUT2D eigenvalue weighted by Crippen LogP contribution is 2.38. The van der Waals surface area contributed by atoms with E-state index in [4.69, 9.17) is 37.9 Å². The molecule has 0 aliphatic carbocycles. The van der Waals surface area contributed by atoms with Crippen LogP contribution in [-0.4, -0.2) is 282 Å². The molecule has 40 heteroatoms. The summed E-state index contributed by atoms with van der Waals surface area (Å²) in [5.74, 6) is 23.0. The van der Waals surface area contributed by atoms with E-state index in [1.54, 1.807) is 110 Å². The monoisotopic (exact) mass is 2000 g/mol. The van der Waals surface area contributed by atoms with Crippen molar-refractivity contribution in [3.05, 3.63) is 286 Å². The first-order valence-corrected chi connectivity index (χ1v) is 48.1. The van der Waals surface area contributed by atoms with Gasteiger partial charge in [0.25, 0.3) is 47.3 Å². The summed E-state index contributed by atoms with van der Waals surface area (Å²) in [7, 11) is 6.46. The molecule has 8 aromatic carbocycles. The van der Waals surface area contributed by atoms with Crippen LogP contribution in [-0.2, 0) is 64.1 Å². The van der Waals surface area contributed by atoms with Crippen molar-refractivity contribution in [3.8, 4) is 70.4 Å². The Morgan fingerprint density at radius 1 is 0.345 bits per heavy atom. The molecule has 2 unspecified atom stereocenters. The van der Waals surface area contributed by atoms with Crippen LogP contribution in [0.15, 0.2) is 207 Å². The molecule has 148 heavy (non-hydrogen) atoms. The number of ether oxygens (including phenoxy) is 8. The van der Waals surface area contributed by atoms with E-state index in [1.807, 2.05) is 121 Å². The highest BCUT2D eigenvalue weighted by molar-refractivity contribution is 6.06. The number of hydrogen-bond acceptors (Lipinski definition) is 28. The van der Waals surface area contributed by atoms with Gasteiger partial charge in [0.05, 0.1) is 88.7 Å². The number of aliphatic hydroxyl groups is 4. The molecule has 12 aromatic rings. The molecule has 12 heterocycles. The van der Waals surface area contributed by atoms with Crippen molar-refractivity contribution in [3.63, 3.8) is 0 Å². The van der Waals surface area contributed by atoms with Crippen LogP contribution in [0.3, 0.4) is 0 Å². The molecule has 8 amide bonds. The first-order valence-electron chi connectivity index (χ1n) is 48.1. The predicted octanol–water partition coefficient (Wildman–Crippen LogP) is 5.63. The van der Waals surface area contributed by atoms with Gasteiger partial charge in [0.1, 0.15) is 120 Å². The number of hydrogen-bond donors (Lipinski definition) is 10. The maximum Gasteiger partial charge on any atom is 0.291 e. The molecule has 0 radical (unpaired) electrons. The quantitative estimate of drug-likeness (QED) is 0.0524. The van der Waals surface area contributed by atoms with E-state index in [-0.39, 0.29) is 73.4 Å². The van der Waals surface area contributed by atoms with Crippen LogP contribution in [0.4, 0.5) is 22.7 Å². The Labute approximate surface area is 851 Å². The van der Waals surface area contributed by atoms with Crippen molar-refractivity contribution >= 4 is 70.0 Å². The summed E-state index contributed by atoms with van der Waals surface area (Å²) < 4.78 is 47.7. The molecule has 10 N–H and O–H groups in total. The smallest absolute Gasteiger partial charge is 0.291 e. The van der Waals surface area contributed by atoms with Gasteiger partial charge in [-0.05, 0) is 95.1 Å². The number of likely N-dealkylation sites (N-methyl/N-ethyl adjacent to an activating group) is 4. The number of aromatic nitrogens is 12. The van der Waals surface area contributed by atoms with Gasteiger partial charge in [0.2, 0.25) is 23.3 Å². The van der Waals surface area contributed by atoms with Crippen LogP contribution in [0.2, 0.25) is 0 Å². The van der Waals surface area contributed by atoms with Crippen LogP contribution >= 0.6 is 0 Å². The van der Waals surface area contributed by atoms with E-state index in [2.05, 4.69) is 119 Å². The van der Waals surface area contributed by atoms with Gasteiger partial charge in [-0.2, -0.15) is 0 Å². The Hall–Kier alpha value is -16.8. The standard InChI is InChI=1S/4C27H27N5O5/c2*1-31-22-15-19(9-10-27(35)11-13-36-14-12-27)7-8-23(22)37-17-21(26(31)34)29-25(33)24-28-18-32(30-24)16-20-5-3-2-4-6-20;2*1-32-21-15-19(9-10-27(35)11-13-36-14-12-27)7-8-22(21)37-17-20(26(32)34)28-25(33)24-29-23(30-31-24)16-18-5-3-2-4-6-18/h2*2-8,15,18,21,35H,11-14,16-17H2,1H3,(H,29,33);2*2-8,15,20,35H,11-14,16-17H2,1H3,(H,28,33)(H,29,30,31)/t21-;;20-;/m1.1./s1. The molecule has 40 nitrogen and oxygen atoms in total. The zero-order chi connectivity index (χ0) is 103. The van der Waals surface area contributed by atoms with E-state index in [9.17, 15) is 58.8 Å². The highest BCUT2D eigenvalue weighted by atomic mass is 16.5. The minimum Gasteiger partial charge on any atom is -0.489 e. The number of nitrogens with one attached hydrogen (secondary N) is 6. The molecule has 4 fully saturated rings. The van der Waals surface area contributed by atoms with Gasteiger partial charge < -0.3 is 99.2 Å². The van der Waals surface area contributed by atoms with E-state index in [1.165, 1.54) is 32.3 Å². The van der Waals surface area contributed by atoms with Crippen LogP contribution < -0.4 is 59.8 Å². The lowest BCUT2D eigenvalue weighted by atomic mass is 9.95. The number of nitrogens with zero attached hydrogens (tertiary/aromatic N) is 14. The first kappa shape index (κ1) is 103. The predicted molar refractivity (Wildman–Crippen MR) is 536 cm³/mol. The van der Waals surface area contributed by atoms with Gasteiger partial charge in [-0.3, -0.25) is 48.6 Å². The number of H-pyrrole nitrogens is 2. The topological polar surface area (TPSA) is 497 Å². The van der Waals surface area contributed by atoms with Crippen LogP contribution in [0, 0.1) is 47.4 Å². The zero-order valence-corrected chi connectivity index (χ0v) is 81.5. The molecule has 0 saturated carbocycles. The van der Waals surface area contributed by atoms with Gasteiger partial charge >= 0.3 is 0 Å². The van der Waals surface area contributed by atoms with Gasteiger partial charge in [-0.1, -0.05) is 169 Å². The highest BCUT2D eigenvalue weighted by Gasteiger charge is 2.39. The number of anilines is 4. The molecule has 0 spiro atoms. The summed E-state index contributed by atoms with van der Waals surface area (Å²) in [4.78, 5) is 126. The minimum atomic E-state index is -1.08. The molecule has 8 aliphatic heterocycles. The molecule has 4 saturated heterocycles. The Bertz CT molecular complexity index is 6250. The average Bonchev–Trinajstić information content (AvgIpc) is 1.63. The Morgan fingerprint density at radius 3 is 0.845 bits per heavy atom. The normalized spacial score (nSPS) is 18.6. The summed E-state index contributed by atoms with van der Waals surface area (Å²) in [6, 6.07) is 56.0. The minimum absolute atomic E-state index is 0.0308. The number of fused-ring (bicyclic) bond motifs is 4. The van der Waals surface area contributed by atoms with Crippen LogP contribution in [0.25, 0.3) is 0 Å². The molecule has 0 bridgehead atoms.